The molecule has 0 N–H and O–H groups in total. The van der Waals surface area contributed by atoms with Gasteiger partial charge in [-0.05, 0) is 82.2 Å². The molecule has 0 bridgehead atoms. The highest BCUT2D eigenvalue weighted by Gasteiger charge is 2.31. The standard InChI is InChI=1S/C23H37N2/c1-24(2)21-14-10-19(11-15-21)23(18-8-6-5-7-9-18)20-12-16-22(17-13-20)25(3)4/h10-11,14-15,18,20,22H,5-9,12-13,16-17H2,1-4H3/q+1. The van der Waals surface area contributed by atoms with E-state index in [9.17, 15) is 0 Å². The third-order valence-corrected chi connectivity index (χ3v) is 6.63. The van der Waals surface area contributed by atoms with Crippen LogP contribution in [0.2, 0.25) is 0 Å². The van der Waals surface area contributed by atoms with Crippen LogP contribution >= 0.6 is 0 Å². The number of nitrogens with zero attached hydrogens (tertiary/aromatic N) is 2. The van der Waals surface area contributed by atoms with Crippen molar-refractivity contribution in [2.24, 2.45) is 11.8 Å². The fourth-order valence-corrected chi connectivity index (χ4v) is 5.07. The topological polar surface area (TPSA) is 6.25 Å². The van der Waals surface area contributed by atoms with Crippen LogP contribution in [-0.2, 0) is 0 Å². The molecule has 0 aliphatic heterocycles. The number of hydrogen-bond acceptors (Lipinski definition) is 1. The third kappa shape index (κ3) is 4.53. The van der Waals surface area contributed by atoms with Crippen LogP contribution in [0, 0.1) is 11.8 Å². The first-order chi connectivity index (χ1) is 12.1. The zero-order valence-corrected chi connectivity index (χ0v) is 16.8. The maximum atomic E-state index is 2.43. The lowest BCUT2D eigenvalue weighted by molar-refractivity contribution is -0.462. The molecule has 0 aromatic rings. The van der Waals surface area contributed by atoms with Gasteiger partial charge in [0.25, 0.3) is 0 Å². The molecule has 2 saturated carbocycles. The smallest absolute Gasteiger partial charge is 0.199 e. The minimum atomic E-state index is 0.792. The largest absolute Gasteiger partial charge is 0.306 e. The lowest BCUT2D eigenvalue weighted by Crippen LogP contribution is -2.33. The monoisotopic (exact) mass is 341 g/mol. The van der Waals surface area contributed by atoms with Crippen molar-refractivity contribution < 1.29 is 4.58 Å². The van der Waals surface area contributed by atoms with E-state index in [-0.39, 0.29) is 0 Å². The molecule has 3 aliphatic carbocycles. The molecule has 0 heterocycles. The van der Waals surface area contributed by atoms with Gasteiger partial charge in [0.15, 0.2) is 5.71 Å². The second-order valence-electron chi connectivity index (χ2n) is 8.70. The molecular formula is C23H37N2+. The van der Waals surface area contributed by atoms with Crippen LogP contribution in [0.15, 0.2) is 35.5 Å². The summed E-state index contributed by atoms with van der Waals surface area (Å²) in [6.45, 7) is 0. The molecule has 2 fully saturated rings. The Labute approximate surface area is 155 Å². The quantitative estimate of drug-likeness (QED) is 0.667. The van der Waals surface area contributed by atoms with E-state index in [2.05, 4.69) is 62.0 Å². The molecule has 2 nitrogen and oxygen atoms in total. The summed E-state index contributed by atoms with van der Waals surface area (Å²) in [6, 6.07) is 0.792. The summed E-state index contributed by atoms with van der Waals surface area (Å²) in [6.07, 6.45) is 22.0. The SMILES string of the molecule is CN(C)C1CCC(C(=C2C=CC(=[N+](C)C)C=C2)C2CCCCC2)CC1. The maximum Gasteiger partial charge on any atom is 0.199 e. The van der Waals surface area contributed by atoms with E-state index in [1.54, 1.807) is 0 Å². The van der Waals surface area contributed by atoms with E-state index < -0.39 is 0 Å². The van der Waals surface area contributed by atoms with Gasteiger partial charge in [-0.1, -0.05) is 24.8 Å². The van der Waals surface area contributed by atoms with Crippen molar-refractivity contribution in [3.05, 3.63) is 35.5 Å². The first-order valence-electron chi connectivity index (χ1n) is 10.4. The van der Waals surface area contributed by atoms with Crippen molar-refractivity contribution in [1.82, 2.24) is 4.90 Å². The van der Waals surface area contributed by atoms with E-state index in [0.717, 1.165) is 17.9 Å². The van der Waals surface area contributed by atoms with Crippen LogP contribution in [0.3, 0.4) is 0 Å². The van der Waals surface area contributed by atoms with Crippen LogP contribution in [-0.4, -0.2) is 49.4 Å². The Morgan fingerprint density at radius 1 is 0.800 bits per heavy atom. The fourth-order valence-electron chi connectivity index (χ4n) is 5.07. The van der Waals surface area contributed by atoms with Gasteiger partial charge in [-0.15, -0.1) is 0 Å². The van der Waals surface area contributed by atoms with Gasteiger partial charge in [-0.3, -0.25) is 0 Å². The van der Waals surface area contributed by atoms with E-state index >= 15 is 0 Å². The summed E-state index contributed by atoms with van der Waals surface area (Å²) in [5, 5.41) is 0. The maximum absolute atomic E-state index is 2.43. The predicted octanol–water partition coefficient (Wildman–Crippen LogP) is 4.82. The molecule has 0 spiro atoms. The van der Waals surface area contributed by atoms with E-state index in [4.69, 9.17) is 0 Å². The summed E-state index contributed by atoms with van der Waals surface area (Å²) in [7, 11) is 8.75. The molecule has 0 saturated heterocycles. The van der Waals surface area contributed by atoms with Gasteiger partial charge in [0.2, 0.25) is 0 Å². The third-order valence-electron chi connectivity index (χ3n) is 6.63. The molecule has 0 aromatic carbocycles. The molecule has 3 rings (SSSR count). The summed E-state index contributed by atoms with van der Waals surface area (Å²) in [4.78, 5) is 2.43. The van der Waals surface area contributed by atoms with Crippen molar-refractivity contribution in [2.45, 2.75) is 63.8 Å². The zero-order chi connectivity index (χ0) is 17.8. The lowest BCUT2D eigenvalue weighted by Gasteiger charge is -2.38. The van der Waals surface area contributed by atoms with Gasteiger partial charge in [-0.25, -0.2) is 4.58 Å². The Kier molecular flexibility index (Phi) is 6.33. The minimum Gasteiger partial charge on any atom is -0.306 e. The Bertz CT molecular complexity index is 555. The Hall–Kier alpha value is -1.15. The highest BCUT2D eigenvalue weighted by Crippen LogP contribution is 2.42. The first kappa shape index (κ1) is 18.6. The number of rotatable bonds is 3. The Morgan fingerprint density at radius 3 is 1.88 bits per heavy atom. The second-order valence-corrected chi connectivity index (χ2v) is 8.70. The van der Waals surface area contributed by atoms with E-state index in [0.29, 0.717) is 0 Å². The molecular weight excluding hydrogens is 304 g/mol. The first-order valence-corrected chi connectivity index (χ1v) is 10.4. The average molecular weight is 342 g/mol. The molecule has 25 heavy (non-hydrogen) atoms. The molecule has 0 radical (unpaired) electrons. The van der Waals surface area contributed by atoms with Crippen LogP contribution in [0.1, 0.15) is 57.8 Å². The van der Waals surface area contributed by atoms with Crippen molar-refractivity contribution in [3.63, 3.8) is 0 Å². The average Bonchev–Trinajstić information content (AvgIpc) is 2.64. The number of allylic oxidation sites excluding steroid dienone is 6. The van der Waals surface area contributed by atoms with Crippen LogP contribution in [0.25, 0.3) is 0 Å². The minimum absolute atomic E-state index is 0.792. The molecule has 0 unspecified atom stereocenters. The molecule has 0 aromatic heterocycles. The fraction of sp³-hybridized carbons (Fsp3) is 0.696. The summed E-state index contributed by atoms with van der Waals surface area (Å²) >= 11 is 0. The van der Waals surface area contributed by atoms with Crippen molar-refractivity contribution in [1.29, 1.82) is 0 Å². The highest BCUT2D eigenvalue weighted by molar-refractivity contribution is 6.02. The second kappa shape index (κ2) is 8.49. The van der Waals surface area contributed by atoms with Crippen LogP contribution in [0.5, 0.6) is 0 Å². The molecule has 0 atom stereocenters. The lowest BCUT2D eigenvalue weighted by atomic mass is 9.70. The molecule has 138 valence electrons. The summed E-state index contributed by atoms with van der Waals surface area (Å²) in [5.74, 6) is 1.64. The van der Waals surface area contributed by atoms with Crippen LogP contribution in [0.4, 0.5) is 0 Å². The van der Waals surface area contributed by atoms with E-state index in [1.807, 2.05) is 5.57 Å². The Morgan fingerprint density at radius 2 is 1.36 bits per heavy atom. The van der Waals surface area contributed by atoms with Gasteiger partial charge >= 0.3 is 0 Å². The zero-order valence-electron chi connectivity index (χ0n) is 16.8. The van der Waals surface area contributed by atoms with E-state index in [1.165, 1.54) is 69.1 Å². The van der Waals surface area contributed by atoms with Gasteiger partial charge < -0.3 is 4.90 Å². The normalized spacial score (nSPS) is 27.9. The molecule has 0 amide bonds. The number of hydrogen-bond donors (Lipinski definition) is 0. The van der Waals surface area contributed by atoms with Gasteiger partial charge in [0, 0.05) is 18.2 Å². The van der Waals surface area contributed by atoms with Crippen molar-refractivity contribution >= 4 is 5.71 Å². The van der Waals surface area contributed by atoms with Gasteiger partial charge in [0.05, 0.1) is 0 Å². The predicted molar refractivity (Wildman–Crippen MR) is 108 cm³/mol. The highest BCUT2D eigenvalue weighted by atomic mass is 15.1. The van der Waals surface area contributed by atoms with Crippen LogP contribution < -0.4 is 0 Å². The van der Waals surface area contributed by atoms with Gasteiger partial charge in [0.1, 0.15) is 14.1 Å². The van der Waals surface area contributed by atoms with Crippen molar-refractivity contribution in [3.8, 4) is 0 Å². The summed E-state index contributed by atoms with van der Waals surface area (Å²) < 4.78 is 2.20. The molecule has 3 aliphatic rings. The summed E-state index contributed by atoms with van der Waals surface area (Å²) in [5.41, 5.74) is 4.65. The van der Waals surface area contributed by atoms with Crippen molar-refractivity contribution in [2.75, 3.05) is 28.2 Å². The Balaban J connectivity index is 1.84. The molecule has 2 heteroatoms. The van der Waals surface area contributed by atoms with Gasteiger partial charge in [-0.2, -0.15) is 0 Å².